The van der Waals surface area contributed by atoms with Crippen molar-refractivity contribution in [3.63, 3.8) is 0 Å². The largest absolute Gasteiger partial charge is 0.490 e. The second-order valence-corrected chi connectivity index (χ2v) is 9.79. The van der Waals surface area contributed by atoms with E-state index in [0.29, 0.717) is 13.0 Å². The zero-order chi connectivity index (χ0) is 24.8. The molecular weight excluding hydrogens is 452 g/mol. The van der Waals surface area contributed by atoms with Crippen molar-refractivity contribution in [2.45, 2.75) is 82.5 Å². The molecule has 1 spiro atoms. The molecule has 2 heterocycles. The third kappa shape index (κ3) is 7.17. The van der Waals surface area contributed by atoms with Gasteiger partial charge < -0.3 is 14.9 Å². The number of rotatable bonds is 4. The third-order valence-electron chi connectivity index (χ3n) is 7.43. The van der Waals surface area contributed by atoms with Gasteiger partial charge in [-0.05, 0) is 68.7 Å². The van der Waals surface area contributed by atoms with E-state index >= 15 is 0 Å². The average Bonchev–Trinajstić information content (AvgIpc) is 2.95. The number of carboxylic acid groups (broad SMARTS) is 1. The SMILES string of the molecule is O=C(O)C(F)(F)F.O=C1CCC2(CCCN(CC3CCCCC3)CC2)N1Cc1ccc(F)cc1. The van der Waals surface area contributed by atoms with E-state index in [1.807, 2.05) is 12.1 Å². The Balaban J connectivity index is 0.000000406. The first-order chi connectivity index (χ1) is 16.1. The number of amides is 1. The summed E-state index contributed by atoms with van der Waals surface area (Å²) in [6, 6.07) is 6.64. The van der Waals surface area contributed by atoms with Crippen LogP contribution in [0.25, 0.3) is 0 Å². The highest BCUT2D eigenvalue weighted by atomic mass is 19.4. The molecule has 0 aromatic heterocycles. The van der Waals surface area contributed by atoms with Gasteiger partial charge in [-0.3, -0.25) is 4.79 Å². The number of nitrogens with zero attached hydrogens (tertiary/aromatic N) is 2. The number of carbonyl (C=O) groups is 2. The number of carbonyl (C=O) groups excluding carboxylic acids is 1. The van der Waals surface area contributed by atoms with Crippen molar-refractivity contribution in [2.24, 2.45) is 5.92 Å². The molecule has 1 amide bonds. The molecule has 1 atom stereocenters. The Morgan fingerprint density at radius 3 is 2.26 bits per heavy atom. The standard InChI is InChI=1S/C23H33FN2O.C2HF3O2/c24-21-9-7-20(8-10-21)18-26-22(27)11-13-23(26)12-4-15-25(16-14-23)17-19-5-2-1-3-6-19;3-2(4,5)1(6)7/h7-10,19H,1-6,11-18H2;(H,6,7). The van der Waals surface area contributed by atoms with Gasteiger partial charge in [0.15, 0.2) is 0 Å². The molecule has 4 rings (SSSR count). The van der Waals surface area contributed by atoms with Gasteiger partial charge in [0.05, 0.1) is 0 Å². The van der Waals surface area contributed by atoms with Crippen LogP contribution in [0.15, 0.2) is 24.3 Å². The van der Waals surface area contributed by atoms with E-state index in [2.05, 4.69) is 9.80 Å². The first-order valence-electron chi connectivity index (χ1n) is 12.2. The first-order valence-corrected chi connectivity index (χ1v) is 12.2. The molecule has 1 aromatic carbocycles. The fourth-order valence-corrected chi connectivity index (χ4v) is 5.57. The maximum Gasteiger partial charge on any atom is 0.490 e. The van der Waals surface area contributed by atoms with Crippen molar-refractivity contribution in [1.29, 1.82) is 0 Å². The molecule has 9 heteroatoms. The molecule has 0 bridgehead atoms. The van der Waals surface area contributed by atoms with Gasteiger partial charge in [0.1, 0.15) is 5.82 Å². The third-order valence-corrected chi connectivity index (χ3v) is 7.43. The van der Waals surface area contributed by atoms with Gasteiger partial charge in [-0.15, -0.1) is 0 Å². The minimum Gasteiger partial charge on any atom is -0.475 e. The summed E-state index contributed by atoms with van der Waals surface area (Å²) in [4.78, 5) is 26.4. The van der Waals surface area contributed by atoms with Gasteiger partial charge in [0, 0.05) is 31.6 Å². The normalized spacial score (nSPS) is 24.6. The van der Waals surface area contributed by atoms with Crippen molar-refractivity contribution in [3.05, 3.63) is 35.6 Å². The Hall–Kier alpha value is -2.16. The van der Waals surface area contributed by atoms with E-state index in [0.717, 1.165) is 37.3 Å². The lowest BCUT2D eigenvalue weighted by molar-refractivity contribution is -0.192. The quantitative estimate of drug-likeness (QED) is 0.580. The molecule has 34 heavy (non-hydrogen) atoms. The summed E-state index contributed by atoms with van der Waals surface area (Å²) >= 11 is 0. The monoisotopic (exact) mass is 486 g/mol. The van der Waals surface area contributed by atoms with Crippen molar-refractivity contribution in [3.8, 4) is 0 Å². The average molecular weight is 487 g/mol. The Morgan fingerprint density at radius 2 is 1.65 bits per heavy atom. The van der Waals surface area contributed by atoms with E-state index in [4.69, 9.17) is 9.90 Å². The van der Waals surface area contributed by atoms with Crippen LogP contribution in [0.5, 0.6) is 0 Å². The van der Waals surface area contributed by atoms with Crippen LogP contribution in [0.4, 0.5) is 17.6 Å². The van der Waals surface area contributed by atoms with E-state index in [9.17, 15) is 22.4 Å². The second kappa shape index (κ2) is 11.5. The van der Waals surface area contributed by atoms with Crippen LogP contribution in [-0.2, 0) is 16.1 Å². The van der Waals surface area contributed by atoms with Crippen LogP contribution in [0.2, 0.25) is 0 Å². The Morgan fingerprint density at radius 1 is 1.00 bits per heavy atom. The lowest BCUT2D eigenvalue weighted by Crippen LogP contribution is -2.46. The molecule has 5 nitrogen and oxygen atoms in total. The molecule has 2 saturated heterocycles. The lowest BCUT2D eigenvalue weighted by atomic mass is 9.87. The molecular formula is C25H34F4N2O3. The highest BCUT2D eigenvalue weighted by Gasteiger charge is 2.45. The highest BCUT2D eigenvalue weighted by molar-refractivity contribution is 5.79. The lowest BCUT2D eigenvalue weighted by Gasteiger charge is -2.38. The highest BCUT2D eigenvalue weighted by Crippen LogP contribution is 2.40. The molecule has 3 aliphatic rings. The molecule has 3 fully saturated rings. The Labute approximate surface area is 198 Å². The maximum absolute atomic E-state index is 13.2. The zero-order valence-corrected chi connectivity index (χ0v) is 19.5. The number of aliphatic carboxylic acids is 1. The van der Waals surface area contributed by atoms with Crippen molar-refractivity contribution >= 4 is 11.9 Å². The van der Waals surface area contributed by atoms with E-state index in [-0.39, 0.29) is 17.3 Å². The van der Waals surface area contributed by atoms with Gasteiger partial charge >= 0.3 is 12.1 Å². The van der Waals surface area contributed by atoms with Crippen LogP contribution in [0.1, 0.15) is 69.8 Å². The number of carboxylic acids is 1. The summed E-state index contributed by atoms with van der Waals surface area (Å²) in [7, 11) is 0. The number of halogens is 4. The van der Waals surface area contributed by atoms with Crippen LogP contribution in [0.3, 0.4) is 0 Å². The van der Waals surface area contributed by atoms with Crippen LogP contribution in [-0.4, -0.2) is 58.1 Å². The molecule has 190 valence electrons. The Bertz CT molecular complexity index is 824. The summed E-state index contributed by atoms with van der Waals surface area (Å²) in [5.74, 6) is -1.81. The predicted octanol–water partition coefficient (Wildman–Crippen LogP) is 5.39. The summed E-state index contributed by atoms with van der Waals surface area (Å²) < 4.78 is 45.0. The smallest absolute Gasteiger partial charge is 0.475 e. The zero-order valence-electron chi connectivity index (χ0n) is 19.5. The minimum atomic E-state index is -5.08. The second-order valence-electron chi connectivity index (χ2n) is 9.79. The van der Waals surface area contributed by atoms with Crippen LogP contribution in [0, 0.1) is 11.7 Å². The molecule has 1 saturated carbocycles. The Kier molecular flexibility index (Phi) is 8.95. The number of hydrogen-bond donors (Lipinski definition) is 1. The molecule has 0 radical (unpaired) electrons. The molecule has 2 aliphatic heterocycles. The number of alkyl halides is 3. The van der Waals surface area contributed by atoms with Crippen LogP contribution >= 0.6 is 0 Å². The first kappa shape index (κ1) is 26.4. The van der Waals surface area contributed by atoms with Crippen molar-refractivity contribution < 1.29 is 32.3 Å². The van der Waals surface area contributed by atoms with Gasteiger partial charge in [-0.1, -0.05) is 31.4 Å². The summed E-state index contributed by atoms with van der Waals surface area (Å²) in [5, 5.41) is 7.12. The van der Waals surface area contributed by atoms with E-state index in [1.54, 1.807) is 0 Å². The van der Waals surface area contributed by atoms with Crippen molar-refractivity contribution in [1.82, 2.24) is 9.80 Å². The van der Waals surface area contributed by atoms with Gasteiger partial charge in [-0.25, -0.2) is 9.18 Å². The fraction of sp³-hybridized carbons (Fsp3) is 0.680. The van der Waals surface area contributed by atoms with E-state index in [1.165, 1.54) is 63.7 Å². The topological polar surface area (TPSA) is 60.9 Å². The molecule has 1 aromatic rings. The van der Waals surface area contributed by atoms with Crippen LogP contribution < -0.4 is 0 Å². The fourth-order valence-electron chi connectivity index (χ4n) is 5.57. The molecule has 1 aliphatic carbocycles. The predicted molar refractivity (Wildman–Crippen MR) is 119 cm³/mol. The summed E-state index contributed by atoms with van der Waals surface area (Å²) in [6.07, 6.45) is 6.99. The number of likely N-dealkylation sites (tertiary alicyclic amines) is 2. The summed E-state index contributed by atoms with van der Waals surface area (Å²) in [5.41, 5.74) is 1.06. The minimum absolute atomic E-state index is 0.0206. The van der Waals surface area contributed by atoms with Gasteiger partial charge in [0.25, 0.3) is 0 Å². The van der Waals surface area contributed by atoms with Gasteiger partial charge in [0.2, 0.25) is 5.91 Å². The van der Waals surface area contributed by atoms with Gasteiger partial charge in [-0.2, -0.15) is 13.2 Å². The van der Waals surface area contributed by atoms with Crippen molar-refractivity contribution in [2.75, 3.05) is 19.6 Å². The molecule has 1 unspecified atom stereocenters. The maximum atomic E-state index is 13.2. The summed E-state index contributed by atoms with van der Waals surface area (Å²) in [6.45, 7) is 4.17. The number of hydrogen-bond acceptors (Lipinski definition) is 3. The molecule has 1 N–H and O–H groups in total. The number of benzene rings is 1. The van der Waals surface area contributed by atoms with E-state index < -0.39 is 12.1 Å².